The van der Waals surface area contributed by atoms with Crippen LogP contribution in [-0.4, -0.2) is 35.7 Å². The van der Waals surface area contributed by atoms with Crippen LogP contribution in [0.15, 0.2) is 30.3 Å². The summed E-state index contributed by atoms with van der Waals surface area (Å²) in [5.41, 5.74) is 3.49. The van der Waals surface area contributed by atoms with Gasteiger partial charge in [0.05, 0.1) is 0 Å². The van der Waals surface area contributed by atoms with E-state index in [9.17, 15) is 18.4 Å². The molecule has 0 aliphatic carbocycles. The molecule has 0 aromatic heterocycles. The Morgan fingerprint density at radius 2 is 1.85 bits per heavy atom. The molecule has 0 fully saturated rings. The van der Waals surface area contributed by atoms with Gasteiger partial charge in [-0.05, 0) is 37.2 Å². The maximum absolute atomic E-state index is 12.8. The number of aliphatic carboxylic acids is 1. The normalized spacial score (nSPS) is 14.6. The lowest BCUT2D eigenvalue weighted by molar-refractivity contribution is -0.150. The fourth-order valence-corrected chi connectivity index (χ4v) is 2.50. The summed E-state index contributed by atoms with van der Waals surface area (Å²) >= 11 is 0. The molecule has 27 heavy (non-hydrogen) atoms. The number of alkyl carbamates (subject to hydrolysis) is 1. The van der Waals surface area contributed by atoms with Crippen molar-refractivity contribution in [1.29, 1.82) is 0 Å². The number of halogens is 2. The molecule has 0 saturated heterocycles. The van der Waals surface area contributed by atoms with E-state index in [0.29, 0.717) is 12.3 Å². The molecule has 6 nitrogen and oxygen atoms in total. The lowest BCUT2D eigenvalue weighted by atomic mass is 9.95. The summed E-state index contributed by atoms with van der Waals surface area (Å²) in [6.45, 7) is 4.14. The van der Waals surface area contributed by atoms with E-state index in [1.54, 1.807) is 0 Å². The highest BCUT2D eigenvalue weighted by Crippen LogP contribution is 2.25. The van der Waals surface area contributed by atoms with Gasteiger partial charge in [0.15, 0.2) is 5.54 Å². The molecule has 0 bridgehead atoms. The third-order valence-electron chi connectivity index (χ3n) is 4.25. The second-order valence-electron chi connectivity index (χ2n) is 6.95. The summed E-state index contributed by atoms with van der Waals surface area (Å²) in [4.78, 5) is 22.9. The maximum atomic E-state index is 12.8. The Kier molecular flexibility index (Phi) is 9.14. The Bertz CT molecular complexity index is 599. The minimum atomic E-state index is -3.19. The van der Waals surface area contributed by atoms with Crippen LogP contribution in [0.2, 0.25) is 0 Å². The summed E-state index contributed by atoms with van der Waals surface area (Å²) < 4.78 is 31.1. The van der Waals surface area contributed by atoms with Crippen molar-refractivity contribution in [3.63, 3.8) is 0 Å². The van der Waals surface area contributed by atoms with E-state index < -0.39 is 36.6 Å². The number of alkyl halides is 2. The van der Waals surface area contributed by atoms with Gasteiger partial charge in [-0.1, -0.05) is 44.2 Å². The minimum Gasteiger partial charge on any atom is -0.480 e. The van der Waals surface area contributed by atoms with E-state index >= 15 is 0 Å². The van der Waals surface area contributed by atoms with Crippen LogP contribution in [0.5, 0.6) is 0 Å². The number of carbonyl (C=O) groups excluding carboxylic acids is 1. The monoisotopic (exact) mass is 386 g/mol. The highest BCUT2D eigenvalue weighted by atomic mass is 19.3. The molecule has 4 N–H and O–H groups in total. The van der Waals surface area contributed by atoms with Gasteiger partial charge >= 0.3 is 12.1 Å². The first-order valence-electron chi connectivity index (χ1n) is 8.96. The van der Waals surface area contributed by atoms with Crippen LogP contribution >= 0.6 is 0 Å². The Morgan fingerprint density at radius 3 is 2.37 bits per heavy atom. The first-order chi connectivity index (χ1) is 12.7. The fraction of sp³-hybridized carbons (Fsp3) is 0.579. The smallest absolute Gasteiger partial charge is 0.407 e. The summed E-state index contributed by atoms with van der Waals surface area (Å²) in [6, 6.07) is 9.33. The van der Waals surface area contributed by atoms with Crippen molar-refractivity contribution in [2.45, 2.75) is 57.6 Å². The van der Waals surface area contributed by atoms with Gasteiger partial charge in [-0.25, -0.2) is 18.4 Å². The zero-order valence-corrected chi connectivity index (χ0v) is 15.7. The van der Waals surface area contributed by atoms with Crippen LogP contribution in [0.1, 0.15) is 51.2 Å². The second-order valence-corrected chi connectivity index (χ2v) is 6.95. The number of ether oxygens (including phenoxy) is 1. The molecule has 0 saturated carbocycles. The Morgan fingerprint density at radius 1 is 1.22 bits per heavy atom. The molecule has 2 unspecified atom stereocenters. The number of carboxylic acid groups (broad SMARTS) is 1. The lowest BCUT2D eigenvalue weighted by Gasteiger charge is -2.23. The predicted octanol–water partition coefficient (Wildman–Crippen LogP) is 3.72. The minimum absolute atomic E-state index is 0.00968. The molecule has 0 aliphatic heterocycles. The van der Waals surface area contributed by atoms with E-state index in [1.165, 1.54) is 0 Å². The highest BCUT2D eigenvalue weighted by molar-refractivity contribution is 5.79. The lowest BCUT2D eigenvalue weighted by Crippen LogP contribution is -2.54. The molecule has 0 spiro atoms. The number of hydrogen-bond acceptors (Lipinski definition) is 4. The molecule has 1 aromatic carbocycles. The maximum Gasteiger partial charge on any atom is 0.407 e. The van der Waals surface area contributed by atoms with Crippen molar-refractivity contribution in [3.8, 4) is 0 Å². The Hall–Kier alpha value is -2.22. The van der Waals surface area contributed by atoms with E-state index in [0.717, 1.165) is 12.0 Å². The van der Waals surface area contributed by atoms with Crippen molar-refractivity contribution in [2.75, 3.05) is 6.54 Å². The molecular formula is C19H28F2N2O4. The molecule has 1 aromatic rings. The average Bonchev–Trinajstić information content (AvgIpc) is 2.62. The van der Waals surface area contributed by atoms with Gasteiger partial charge in [0.25, 0.3) is 6.43 Å². The van der Waals surface area contributed by atoms with Crippen LogP contribution in [0.3, 0.4) is 0 Å². The molecule has 0 radical (unpaired) electrons. The van der Waals surface area contributed by atoms with Crippen LogP contribution in [0.4, 0.5) is 13.6 Å². The van der Waals surface area contributed by atoms with E-state index in [-0.39, 0.29) is 13.0 Å². The van der Waals surface area contributed by atoms with Crippen LogP contribution < -0.4 is 11.1 Å². The molecule has 152 valence electrons. The van der Waals surface area contributed by atoms with Crippen LogP contribution in [0, 0.1) is 5.92 Å². The van der Waals surface area contributed by atoms with Gasteiger partial charge in [0.2, 0.25) is 0 Å². The summed E-state index contributed by atoms with van der Waals surface area (Å²) in [5.74, 6) is -1.32. The van der Waals surface area contributed by atoms with E-state index in [4.69, 9.17) is 15.6 Å². The van der Waals surface area contributed by atoms with Gasteiger partial charge in [-0.3, -0.25) is 0 Å². The summed E-state index contributed by atoms with van der Waals surface area (Å²) in [5, 5.41) is 11.3. The third-order valence-corrected chi connectivity index (χ3v) is 4.25. The van der Waals surface area contributed by atoms with Gasteiger partial charge in [0.1, 0.15) is 6.10 Å². The van der Waals surface area contributed by atoms with Crippen LogP contribution in [-0.2, 0) is 9.53 Å². The molecular weight excluding hydrogens is 358 g/mol. The molecule has 8 heteroatoms. The van der Waals surface area contributed by atoms with Crippen molar-refractivity contribution in [1.82, 2.24) is 5.32 Å². The highest BCUT2D eigenvalue weighted by Gasteiger charge is 2.43. The van der Waals surface area contributed by atoms with E-state index in [1.807, 2.05) is 30.3 Å². The predicted molar refractivity (Wildman–Crippen MR) is 97.5 cm³/mol. The van der Waals surface area contributed by atoms with Crippen molar-refractivity contribution >= 4 is 12.1 Å². The third kappa shape index (κ3) is 7.50. The molecule has 2 atom stereocenters. The number of carbonyl (C=O) groups is 2. The first kappa shape index (κ1) is 22.8. The number of hydrogen-bond donors (Lipinski definition) is 3. The van der Waals surface area contributed by atoms with Gasteiger partial charge in [-0.15, -0.1) is 0 Å². The number of carboxylic acids is 1. The number of rotatable bonds is 11. The van der Waals surface area contributed by atoms with Gasteiger partial charge in [-0.2, -0.15) is 0 Å². The van der Waals surface area contributed by atoms with Crippen molar-refractivity contribution < 1.29 is 28.2 Å². The van der Waals surface area contributed by atoms with Crippen molar-refractivity contribution in [2.24, 2.45) is 11.7 Å². The quantitative estimate of drug-likeness (QED) is 0.503. The Balaban J connectivity index is 2.53. The number of nitrogens with two attached hydrogens (primary N) is 1. The number of nitrogens with one attached hydrogen (secondary N) is 1. The zero-order chi connectivity index (χ0) is 20.4. The standard InChI is InChI=1S/C19H28F2N2O4/c1-13(2)9-10-15(14-7-4-3-5-8-14)27-18(26)23-12-6-11-19(22,16(20)21)17(24)25/h3-5,7-8,13,15-16H,6,9-12,22H2,1-2H3,(H,23,26)(H,24,25). The largest absolute Gasteiger partial charge is 0.480 e. The fourth-order valence-electron chi connectivity index (χ4n) is 2.50. The SMILES string of the molecule is CC(C)CCC(OC(=O)NCCCC(N)(C(=O)O)C(F)F)c1ccccc1. The first-order valence-corrected chi connectivity index (χ1v) is 8.96. The second kappa shape index (κ2) is 10.8. The van der Waals surface area contributed by atoms with Crippen molar-refractivity contribution in [3.05, 3.63) is 35.9 Å². The van der Waals surface area contributed by atoms with Crippen LogP contribution in [0.25, 0.3) is 0 Å². The summed E-state index contributed by atoms with van der Waals surface area (Å²) in [6.07, 6.45) is -3.23. The van der Waals surface area contributed by atoms with Gasteiger partial charge in [0, 0.05) is 6.54 Å². The average molecular weight is 386 g/mol. The molecule has 0 aliphatic rings. The Labute approximate surface area is 158 Å². The molecule has 1 rings (SSSR count). The van der Waals surface area contributed by atoms with Gasteiger partial charge < -0.3 is 20.9 Å². The molecule has 1 amide bonds. The number of benzene rings is 1. The summed E-state index contributed by atoms with van der Waals surface area (Å²) in [7, 11) is 0. The molecule has 0 heterocycles. The zero-order valence-electron chi connectivity index (χ0n) is 15.7. The topological polar surface area (TPSA) is 102 Å². The number of amides is 1. The van der Waals surface area contributed by atoms with E-state index in [2.05, 4.69) is 19.2 Å².